The number of rotatable bonds is 4. The van der Waals surface area contributed by atoms with Crippen LogP contribution in [0.25, 0.3) is 0 Å². The summed E-state index contributed by atoms with van der Waals surface area (Å²) >= 11 is 6.88. The van der Waals surface area contributed by atoms with Gasteiger partial charge < -0.3 is 4.74 Å². The van der Waals surface area contributed by atoms with E-state index in [0.717, 1.165) is 5.75 Å². The molecule has 0 unspecified atom stereocenters. The molecule has 9 heavy (non-hydrogen) atoms. The van der Waals surface area contributed by atoms with Gasteiger partial charge in [0.05, 0.1) is 5.21 Å². The molecule has 0 aromatic rings. The molecule has 0 saturated heterocycles. The molecule has 0 amide bonds. The molecule has 0 aromatic carbocycles. The van der Waals surface area contributed by atoms with Crippen LogP contribution in [0.2, 0.25) is 0 Å². The second kappa shape index (κ2) is 6.23. The number of alkyl halides is 1. The molecule has 2 nitrogen and oxygen atoms in total. The first-order valence-electron chi connectivity index (χ1n) is 2.54. The van der Waals surface area contributed by atoms with E-state index in [9.17, 15) is 4.79 Å². The van der Waals surface area contributed by atoms with Crippen LogP contribution in [-0.4, -0.2) is 23.5 Å². The van der Waals surface area contributed by atoms with Crippen LogP contribution in [0.5, 0.6) is 0 Å². The average Bonchev–Trinajstić information content (AvgIpc) is 1.80. The second-order valence-corrected chi connectivity index (χ2v) is 3.05. The number of hydrogen-bond donors (Lipinski definition) is 0. The van der Waals surface area contributed by atoms with Gasteiger partial charge in [-0.15, -0.1) is 23.4 Å². The van der Waals surface area contributed by atoms with E-state index >= 15 is 0 Å². The Bertz CT molecular complexity index is 87.0. The van der Waals surface area contributed by atoms with Crippen molar-refractivity contribution in [2.75, 3.05) is 17.6 Å². The van der Waals surface area contributed by atoms with Gasteiger partial charge in [0.25, 0.3) is 0 Å². The number of ether oxygens (including phenoxy) is 1. The highest BCUT2D eigenvalue weighted by atomic mass is 35.5. The van der Waals surface area contributed by atoms with Crippen LogP contribution in [0, 0.1) is 0 Å². The lowest BCUT2D eigenvalue weighted by Gasteiger charge is -1.97. The van der Waals surface area contributed by atoms with Crippen LogP contribution < -0.4 is 0 Å². The SMILES string of the molecule is CC(=O)OCCSCCl. The van der Waals surface area contributed by atoms with Crippen LogP contribution in [0.1, 0.15) is 6.92 Å². The molecule has 0 aliphatic heterocycles. The van der Waals surface area contributed by atoms with Crippen LogP contribution >= 0.6 is 23.4 Å². The van der Waals surface area contributed by atoms with Crippen molar-refractivity contribution in [3.05, 3.63) is 0 Å². The maximum atomic E-state index is 10.1. The zero-order valence-corrected chi connectivity index (χ0v) is 6.80. The molecule has 0 aliphatic carbocycles. The maximum absolute atomic E-state index is 10.1. The van der Waals surface area contributed by atoms with Crippen molar-refractivity contribution >= 4 is 29.3 Å². The van der Waals surface area contributed by atoms with Crippen molar-refractivity contribution in [1.29, 1.82) is 0 Å². The van der Waals surface area contributed by atoms with Gasteiger partial charge in [-0.2, -0.15) is 0 Å². The van der Waals surface area contributed by atoms with Crippen LogP contribution in [0.15, 0.2) is 0 Å². The minimum atomic E-state index is -0.231. The summed E-state index contributed by atoms with van der Waals surface area (Å²) in [6.07, 6.45) is 0. The Kier molecular flexibility index (Phi) is 6.31. The smallest absolute Gasteiger partial charge is 0.302 e. The zero-order chi connectivity index (χ0) is 7.11. The van der Waals surface area contributed by atoms with Gasteiger partial charge in [0, 0.05) is 12.7 Å². The van der Waals surface area contributed by atoms with Crippen LogP contribution in [0.3, 0.4) is 0 Å². The lowest BCUT2D eigenvalue weighted by Crippen LogP contribution is -2.02. The van der Waals surface area contributed by atoms with Gasteiger partial charge in [-0.3, -0.25) is 4.79 Å². The third-order valence-electron chi connectivity index (χ3n) is 0.610. The minimum absolute atomic E-state index is 0.231. The van der Waals surface area contributed by atoms with Gasteiger partial charge in [0.1, 0.15) is 6.61 Å². The number of thioether (sulfide) groups is 1. The highest BCUT2D eigenvalue weighted by molar-refractivity contribution is 8.00. The van der Waals surface area contributed by atoms with E-state index in [4.69, 9.17) is 11.6 Å². The first kappa shape index (κ1) is 9.11. The third kappa shape index (κ3) is 8.11. The van der Waals surface area contributed by atoms with Crippen molar-refractivity contribution in [3.8, 4) is 0 Å². The lowest BCUT2D eigenvalue weighted by molar-refractivity contribution is -0.140. The highest BCUT2D eigenvalue weighted by Gasteiger charge is 1.90. The quantitative estimate of drug-likeness (QED) is 0.362. The molecular formula is C5H9ClO2S. The Hall–Kier alpha value is 0.110. The van der Waals surface area contributed by atoms with E-state index in [2.05, 4.69) is 4.74 Å². The van der Waals surface area contributed by atoms with Crippen molar-refractivity contribution in [1.82, 2.24) is 0 Å². The van der Waals surface area contributed by atoms with Gasteiger partial charge in [-0.1, -0.05) is 0 Å². The number of carbonyl (C=O) groups is 1. The lowest BCUT2D eigenvalue weighted by atomic mass is 10.8. The first-order valence-corrected chi connectivity index (χ1v) is 4.23. The Morgan fingerprint density at radius 3 is 2.89 bits per heavy atom. The highest BCUT2D eigenvalue weighted by Crippen LogP contribution is 2.00. The van der Waals surface area contributed by atoms with E-state index < -0.39 is 0 Å². The summed E-state index contributed by atoms with van der Waals surface area (Å²) < 4.78 is 4.63. The molecule has 0 N–H and O–H groups in total. The van der Waals surface area contributed by atoms with E-state index in [-0.39, 0.29) is 5.97 Å². The number of esters is 1. The summed E-state index contributed by atoms with van der Waals surface area (Å²) in [5.41, 5.74) is 0. The molecule has 0 spiro atoms. The van der Waals surface area contributed by atoms with Crippen LogP contribution in [0.4, 0.5) is 0 Å². The largest absolute Gasteiger partial charge is 0.465 e. The van der Waals surface area contributed by atoms with Crippen molar-refractivity contribution in [2.45, 2.75) is 6.92 Å². The standard InChI is InChI=1S/C5H9ClO2S/c1-5(7)8-2-3-9-4-6/h2-4H2,1H3. The number of hydrogen-bond acceptors (Lipinski definition) is 3. The number of carbonyl (C=O) groups excluding carboxylic acids is 1. The molecule has 54 valence electrons. The van der Waals surface area contributed by atoms with E-state index in [1.165, 1.54) is 18.7 Å². The minimum Gasteiger partial charge on any atom is -0.465 e. The van der Waals surface area contributed by atoms with Crippen LogP contribution in [-0.2, 0) is 9.53 Å². The Morgan fingerprint density at radius 1 is 1.78 bits per heavy atom. The fourth-order valence-corrected chi connectivity index (χ4v) is 0.936. The fraction of sp³-hybridized carbons (Fsp3) is 0.800. The molecule has 0 bridgehead atoms. The molecule has 0 aliphatic rings. The normalized spacial score (nSPS) is 9.11. The molecule has 0 radical (unpaired) electrons. The van der Waals surface area contributed by atoms with Gasteiger partial charge >= 0.3 is 5.97 Å². The van der Waals surface area contributed by atoms with Gasteiger partial charge in [0.15, 0.2) is 0 Å². The summed E-state index contributed by atoms with van der Waals surface area (Å²) in [5, 5.41) is 0.557. The van der Waals surface area contributed by atoms with Crippen molar-refractivity contribution in [2.24, 2.45) is 0 Å². The van der Waals surface area contributed by atoms with E-state index in [1.807, 2.05) is 0 Å². The van der Waals surface area contributed by atoms with Crippen molar-refractivity contribution < 1.29 is 9.53 Å². The summed E-state index contributed by atoms with van der Waals surface area (Å²) in [5.74, 6) is 0.550. The van der Waals surface area contributed by atoms with E-state index in [1.54, 1.807) is 0 Å². The third-order valence-corrected chi connectivity index (χ3v) is 1.68. The summed E-state index contributed by atoms with van der Waals surface area (Å²) in [6.45, 7) is 1.86. The maximum Gasteiger partial charge on any atom is 0.302 e. The molecule has 0 rings (SSSR count). The molecule has 4 heteroatoms. The van der Waals surface area contributed by atoms with E-state index in [0.29, 0.717) is 11.8 Å². The Labute approximate surface area is 63.9 Å². The molecule has 0 atom stereocenters. The average molecular weight is 169 g/mol. The molecule has 0 heterocycles. The monoisotopic (exact) mass is 168 g/mol. The summed E-state index contributed by atoms with van der Waals surface area (Å²) in [6, 6.07) is 0. The van der Waals surface area contributed by atoms with Gasteiger partial charge in [-0.25, -0.2) is 0 Å². The predicted molar refractivity (Wildman–Crippen MR) is 39.8 cm³/mol. The number of halogens is 1. The summed E-state index contributed by atoms with van der Waals surface area (Å²) in [4.78, 5) is 10.1. The fourth-order valence-electron chi connectivity index (χ4n) is 0.299. The van der Waals surface area contributed by atoms with Gasteiger partial charge in [0.2, 0.25) is 0 Å². The zero-order valence-electron chi connectivity index (χ0n) is 5.22. The molecule has 0 saturated carbocycles. The Balaban J connectivity index is 2.83. The van der Waals surface area contributed by atoms with Crippen molar-refractivity contribution in [3.63, 3.8) is 0 Å². The Morgan fingerprint density at radius 2 is 2.44 bits per heavy atom. The molecule has 0 aromatic heterocycles. The topological polar surface area (TPSA) is 26.3 Å². The summed E-state index contributed by atoms with van der Waals surface area (Å²) in [7, 11) is 0. The molecular weight excluding hydrogens is 160 g/mol. The second-order valence-electron chi connectivity index (χ2n) is 1.36. The van der Waals surface area contributed by atoms with Gasteiger partial charge in [-0.05, 0) is 0 Å². The predicted octanol–water partition coefficient (Wildman–Crippen LogP) is 1.48. The first-order chi connectivity index (χ1) is 4.27. The molecule has 0 fully saturated rings.